The number of nitrogens with zero attached hydrogens (tertiary/aromatic N) is 2. The maximum atomic E-state index is 10.9. The van der Waals surface area contributed by atoms with Gasteiger partial charge in [-0.1, -0.05) is 0 Å². The first-order valence-electron chi connectivity index (χ1n) is 8.83. The summed E-state index contributed by atoms with van der Waals surface area (Å²) < 4.78 is 12.3. The van der Waals surface area contributed by atoms with E-state index in [9.17, 15) is 4.79 Å². The van der Waals surface area contributed by atoms with Crippen LogP contribution < -0.4 is 4.74 Å². The molecule has 0 unspecified atom stereocenters. The second-order valence-corrected chi connectivity index (χ2v) is 6.71. The van der Waals surface area contributed by atoms with Crippen LogP contribution in [0.3, 0.4) is 0 Å². The van der Waals surface area contributed by atoms with E-state index in [0.717, 1.165) is 50.0 Å². The van der Waals surface area contributed by atoms with Crippen LogP contribution in [0.25, 0.3) is 0 Å². The summed E-state index contributed by atoms with van der Waals surface area (Å²) in [5.41, 5.74) is 0.932. The molecule has 0 radical (unpaired) electrons. The Labute approximate surface area is 142 Å². The van der Waals surface area contributed by atoms with Crippen LogP contribution in [0.4, 0.5) is 4.79 Å². The van der Waals surface area contributed by atoms with Crippen molar-refractivity contribution < 1.29 is 19.4 Å². The molecule has 0 spiro atoms. The fourth-order valence-electron chi connectivity index (χ4n) is 3.52. The topological polar surface area (TPSA) is 71.9 Å². The maximum Gasteiger partial charge on any atom is 0.407 e. The van der Waals surface area contributed by atoms with Crippen molar-refractivity contribution in [1.82, 2.24) is 9.88 Å². The Hall–Kier alpha value is -1.82. The Balaban J connectivity index is 1.40. The quantitative estimate of drug-likeness (QED) is 0.915. The number of carboxylic acid groups (broad SMARTS) is 1. The molecule has 2 fully saturated rings. The highest BCUT2D eigenvalue weighted by atomic mass is 16.5. The van der Waals surface area contributed by atoms with Crippen LogP contribution in [0.1, 0.15) is 44.2 Å². The predicted molar refractivity (Wildman–Crippen MR) is 89.4 cm³/mol. The second kappa shape index (κ2) is 7.83. The average Bonchev–Trinajstić information content (AvgIpc) is 2.59. The molecule has 1 saturated carbocycles. The predicted octanol–water partition coefficient (Wildman–Crippen LogP) is 3.24. The Morgan fingerprint density at radius 3 is 2.38 bits per heavy atom. The van der Waals surface area contributed by atoms with Gasteiger partial charge < -0.3 is 19.5 Å². The van der Waals surface area contributed by atoms with Gasteiger partial charge in [0.25, 0.3) is 0 Å². The van der Waals surface area contributed by atoms with Crippen molar-refractivity contribution in [2.45, 2.75) is 63.8 Å². The fraction of sp³-hybridized carbons (Fsp3) is 0.667. The van der Waals surface area contributed by atoms with Crippen LogP contribution in [-0.4, -0.2) is 52.5 Å². The van der Waals surface area contributed by atoms with E-state index in [1.54, 1.807) is 6.20 Å². The molecule has 2 aliphatic rings. The van der Waals surface area contributed by atoms with Crippen LogP contribution in [0.2, 0.25) is 0 Å². The minimum absolute atomic E-state index is 0.198. The van der Waals surface area contributed by atoms with Crippen molar-refractivity contribution in [3.8, 4) is 5.75 Å². The number of likely N-dealkylation sites (tertiary alicyclic amines) is 1. The summed E-state index contributed by atoms with van der Waals surface area (Å²) in [6, 6.07) is 3.88. The third kappa shape index (κ3) is 4.38. The van der Waals surface area contributed by atoms with Gasteiger partial charge in [0.2, 0.25) is 0 Å². The zero-order chi connectivity index (χ0) is 16.9. The zero-order valence-corrected chi connectivity index (χ0v) is 14.2. The largest absolute Gasteiger partial charge is 0.489 e. The molecule has 1 aliphatic carbocycles. The number of amides is 1. The van der Waals surface area contributed by atoms with Crippen molar-refractivity contribution in [2.75, 3.05) is 13.1 Å². The maximum absolute atomic E-state index is 10.9. The number of hydrogen-bond donors (Lipinski definition) is 1. The number of hydrogen-bond acceptors (Lipinski definition) is 4. The first kappa shape index (κ1) is 17.0. The fourth-order valence-corrected chi connectivity index (χ4v) is 3.52. The lowest BCUT2D eigenvalue weighted by Crippen LogP contribution is -2.41. The Kier molecular flexibility index (Phi) is 5.56. The summed E-state index contributed by atoms with van der Waals surface area (Å²) in [4.78, 5) is 16.7. The highest BCUT2D eigenvalue weighted by Gasteiger charge is 2.28. The van der Waals surface area contributed by atoms with Gasteiger partial charge in [-0.25, -0.2) is 4.79 Å². The van der Waals surface area contributed by atoms with Crippen molar-refractivity contribution in [1.29, 1.82) is 0 Å². The molecule has 24 heavy (non-hydrogen) atoms. The Bertz CT molecular complexity index is 550. The van der Waals surface area contributed by atoms with Gasteiger partial charge in [-0.15, -0.1) is 0 Å². The molecule has 1 saturated heterocycles. The summed E-state index contributed by atoms with van der Waals surface area (Å²) in [7, 11) is 0. The molecule has 1 aromatic heterocycles. The van der Waals surface area contributed by atoms with E-state index in [0.29, 0.717) is 13.1 Å². The van der Waals surface area contributed by atoms with Crippen molar-refractivity contribution in [3.05, 3.63) is 24.0 Å². The van der Waals surface area contributed by atoms with Crippen LogP contribution >= 0.6 is 0 Å². The van der Waals surface area contributed by atoms with Gasteiger partial charge in [-0.3, -0.25) is 4.98 Å². The number of aryl methyl sites for hydroxylation is 1. The first-order valence-corrected chi connectivity index (χ1v) is 8.83. The van der Waals surface area contributed by atoms with Gasteiger partial charge in [0, 0.05) is 19.3 Å². The number of piperidine rings is 1. The molecule has 3 rings (SSSR count). The minimum Gasteiger partial charge on any atom is -0.489 e. The first-order chi connectivity index (χ1) is 11.6. The molecule has 6 heteroatoms. The molecule has 0 bridgehead atoms. The van der Waals surface area contributed by atoms with Gasteiger partial charge >= 0.3 is 6.09 Å². The van der Waals surface area contributed by atoms with Gasteiger partial charge in [0.05, 0.1) is 24.0 Å². The second-order valence-electron chi connectivity index (χ2n) is 6.71. The minimum atomic E-state index is -0.822. The van der Waals surface area contributed by atoms with Crippen LogP contribution in [0, 0.1) is 6.92 Å². The average molecular weight is 334 g/mol. The summed E-state index contributed by atoms with van der Waals surface area (Å²) in [5, 5.41) is 8.98. The molecule has 1 aromatic rings. The number of carbonyl (C=O) groups is 1. The van der Waals surface area contributed by atoms with Gasteiger partial charge in [0.15, 0.2) is 0 Å². The molecule has 6 nitrogen and oxygen atoms in total. The van der Waals surface area contributed by atoms with E-state index >= 15 is 0 Å². The van der Waals surface area contributed by atoms with Crippen LogP contribution in [-0.2, 0) is 4.74 Å². The van der Waals surface area contributed by atoms with E-state index in [1.165, 1.54) is 4.90 Å². The van der Waals surface area contributed by atoms with Gasteiger partial charge in [-0.2, -0.15) is 0 Å². The standard InChI is InChI=1S/C18H26N2O4/c1-13-17(3-2-10-19-13)24-15-6-4-14(5-7-15)23-16-8-11-20(12-9-16)18(21)22/h2-3,10,14-16H,4-9,11-12H2,1H3,(H,21,22). The lowest BCUT2D eigenvalue weighted by atomic mass is 9.94. The SMILES string of the molecule is Cc1ncccc1OC1CCC(OC2CCN(C(=O)O)CC2)CC1. The third-order valence-electron chi connectivity index (χ3n) is 4.97. The lowest BCUT2D eigenvalue weighted by Gasteiger charge is -2.35. The number of aromatic nitrogens is 1. The Morgan fingerprint density at radius 2 is 1.75 bits per heavy atom. The van der Waals surface area contributed by atoms with Gasteiger partial charge in [-0.05, 0) is 57.6 Å². The molecule has 2 heterocycles. The lowest BCUT2D eigenvalue weighted by molar-refractivity contribution is -0.0641. The summed E-state index contributed by atoms with van der Waals surface area (Å²) >= 11 is 0. The molecular formula is C18H26N2O4. The zero-order valence-electron chi connectivity index (χ0n) is 14.2. The summed E-state index contributed by atoms with van der Waals surface area (Å²) in [5.74, 6) is 0.878. The van der Waals surface area contributed by atoms with E-state index in [2.05, 4.69) is 4.98 Å². The molecular weight excluding hydrogens is 308 g/mol. The molecule has 132 valence electrons. The number of ether oxygens (including phenoxy) is 2. The molecule has 0 aromatic carbocycles. The van der Waals surface area contributed by atoms with Crippen molar-refractivity contribution >= 4 is 6.09 Å². The van der Waals surface area contributed by atoms with E-state index < -0.39 is 6.09 Å². The summed E-state index contributed by atoms with van der Waals surface area (Å²) in [6.07, 6.45) is 7.27. The molecule has 0 atom stereocenters. The number of rotatable bonds is 4. The third-order valence-corrected chi connectivity index (χ3v) is 4.97. The highest BCUT2D eigenvalue weighted by Crippen LogP contribution is 2.28. The monoisotopic (exact) mass is 334 g/mol. The number of pyridine rings is 1. The van der Waals surface area contributed by atoms with Crippen molar-refractivity contribution in [2.24, 2.45) is 0 Å². The smallest absolute Gasteiger partial charge is 0.407 e. The van der Waals surface area contributed by atoms with Gasteiger partial charge in [0.1, 0.15) is 5.75 Å². The van der Waals surface area contributed by atoms with Crippen LogP contribution in [0.5, 0.6) is 5.75 Å². The molecule has 1 N–H and O–H groups in total. The Morgan fingerprint density at radius 1 is 1.12 bits per heavy atom. The van der Waals surface area contributed by atoms with E-state index in [-0.39, 0.29) is 18.3 Å². The van der Waals surface area contributed by atoms with E-state index in [4.69, 9.17) is 14.6 Å². The molecule has 1 aliphatic heterocycles. The molecule has 1 amide bonds. The summed E-state index contributed by atoms with van der Waals surface area (Å²) in [6.45, 7) is 3.13. The highest BCUT2D eigenvalue weighted by molar-refractivity contribution is 5.64. The van der Waals surface area contributed by atoms with Crippen LogP contribution in [0.15, 0.2) is 18.3 Å². The van der Waals surface area contributed by atoms with E-state index in [1.807, 2.05) is 19.1 Å². The normalized spacial score (nSPS) is 25.5. The van der Waals surface area contributed by atoms with Crippen molar-refractivity contribution in [3.63, 3.8) is 0 Å².